The molecule has 1 N–H and O–H groups in total. The molecule has 4 aromatic rings. The standard InChI is InChI=1S/C22H17ClN4O2/c23-21-19(15-26-27(22(21)28)17-7-3-1-4-8-17)24-13-16-11-12-20(25-14-16)29-18-9-5-2-6-10-18/h1-12,14-15,24H,13H2. The number of aromatic nitrogens is 3. The van der Waals surface area contributed by atoms with Gasteiger partial charge in [0.1, 0.15) is 10.8 Å². The molecule has 2 heterocycles. The summed E-state index contributed by atoms with van der Waals surface area (Å²) in [6, 6.07) is 22.3. The molecule has 0 bridgehead atoms. The van der Waals surface area contributed by atoms with Crippen LogP contribution >= 0.6 is 11.6 Å². The first-order chi connectivity index (χ1) is 14.2. The van der Waals surface area contributed by atoms with Gasteiger partial charge >= 0.3 is 0 Å². The first-order valence-corrected chi connectivity index (χ1v) is 9.33. The van der Waals surface area contributed by atoms with Crippen LogP contribution in [-0.4, -0.2) is 14.8 Å². The summed E-state index contributed by atoms with van der Waals surface area (Å²) in [5.74, 6) is 1.23. The molecule has 0 aliphatic carbocycles. The Kier molecular flexibility index (Phi) is 5.54. The van der Waals surface area contributed by atoms with Gasteiger partial charge in [-0.3, -0.25) is 4.79 Å². The summed E-state index contributed by atoms with van der Waals surface area (Å²) in [5, 5.41) is 7.42. The number of nitrogens with zero attached hydrogens (tertiary/aromatic N) is 3. The average molecular weight is 405 g/mol. The molecular formula is C22H17ClN4O2. The molecule has 0 aliphatic rings. The molecule has 0 aliphatic heterocycles. The number of nitrogens with one attached hydrogen (secondary N) is 1. The Labute approximate surface area is 172 Å². The summed E-state index contributed by atoms with van der Waals surface area (Å²) in [5.41, 5.74) is 1.65. The fraction of sp³-hybridized carbons (Fsp3) is 0.0455. The molecule has 0 fully saturated rings. The van der Waals surface area contributed by atoms with Crippen molar-refractivity contribution in [2.75, 3.05) is 5.32 Å². The lowest BCUT2D eigenvalue weighted by atomic mass is 10.2. The highest BCUT2D eigenvalue weighted by atomic mass is 35.5. The van der Waals surface area contributed by atoms with Crippen molar-refractivity contribution >= 4 is 17.3 Å². The molecule has 144 valence electrons. The quantitative estimate of drug-likeness (QED) is 0.505. The normalized spacial score (nSPS) is 10.5. The van der Waals surface area contributed by atoms with Crippen LogP contribution in [0.1, 0.15) is 5.56 Å². The Hall–Kier alpha value is -3.64. The molecule has 0 amide bonds. The minimum Gasteiger partial charge on any atom is -0.439 e. The van der Waals surface area contributed by atoms with Crippen molar-refractivity contribution in [3.8, 4) is 17.3 Å². The summed E-state index contributed by atoms with van der Waals surface area (Å²) in [6.45, 7) is 0.439. The number of ether oxygens (including phenoxy) is 1. The zero-order valence-corrected chi connectivity index (χ0v) is 16.1. The van der Waals surface area contributed by atoms with Gasteiger partial charge in [0.15, 0.2) is 0 Å². The molecular weight excluding hydrogens is 388 g/mol. The number of hydrogen-bond donors (Lipinski definition) is 1. The first-order valence-electron chi connectivity index (χ1n) is 8.96. The third kappa shape index (κ3) is 4.44. The van der Waals surface area contributed by atoms with Crippen LogP contribution < -0.4 is 15.6 Å². The molecule has 7 heteroatoms. The molecule has 29 heavy (non-hydrogen) atoms. The number of para-hydroxylation sites is 2. The maximum absolute atomic E-state index is 12.5. The van der Waals surface area contributed by atoms with Gasteiger partial charge in [0.2, 0.25) is 5.88 Å². The fourth-order valence-corrected chi connectivity index (χ4v) is 2.89. The van der Waals surface area contributed by atoms with E-state index in [1.54, 1.807) is 24.4 Å². The third-order valence-corrected chi connectivity index (χ3v) is 4.53. The van der Waals surface area contributed by atoms with Crippen molar-refractivity contribution in [3.05, 3.63) is 106 Å². The smallest absolute Gasteiger partial charge is 0.292 e. The summed E-state index contributed by atoms with van der Waals surface area (Å²) >= 11 is 6.26. The Morgan fingerprint density at radius 2 is 1.66 bits per heavy atom. The van der Waals surface area contributed by atoms with Gasteiger partial charge in [-0.05, 0) is 29.8 Å². The van der Waals surface area contributed by atoms with Crippen molar-refractivity contribution in [1.29, 1.82) is 0 Å². The van der Waals surface area contributed by atoms with Gasteiger partial charge in [-0.1, -0.05) is 54.1 Å². The summed E-state index contributed by atoms with van der Waals surface area (Å²) < 4.78 is 6.95. The van der Waals surface area contributed by atoms with E-state index < -0.39 is 0 Å². The Morgan fingerprint density at radius 1 is 0.931 bits per heavy atom. The van der Waals surface area contributed by atoms with Crippen LogP contribution in [0.5, 0.6) is 11.6 Å². The first kappa shape index (κ1) is 18.7. The van der Waals surface area contributed by atoms with E-state index in [9.17, 15) is 4.79 Å². The van der Waals surface area contributed by atoms with Gasteiger partial charge < -0.3 is 10.1 Å². The molecule has 0 radical (unpaired) electrons. The van der Waals surface area contributed by atoms with E-state index in [1.165, 1.54) is 10.9 Å². The maximum Gasteiger partial charge on any atom is 0.292 e. The fourth-order valence-electron chi connectivity index (χ4n) is 2.69. The van der Waals surface area contributed by atoms with Crippen LogP contribution in [0.15, 0.2) is 90.0 Å². The molecule has 2 aromatic heterocycles. The summed E-state index contributed by atoms with van der Waals surface area (Å²) in [4.78, 5) is 16.8. The lowest BCUT2D eigenvalue weighted by Crippen LogP contribution is -2.22. The predicted molar refractivity (Wildman–Crippen MR) is 113 cm³/mol. The zero-order valence-electron chi connectivity index (χ0n) is 15.3. The Bertz CT molecular complexity index is 1150. The van der Waals surface area contributed by atoms with E-state index in [4.69, 9.17) is 16.3 Å². The molecule has 6 nitrogen and oxygen atoms in total. The van der Waals surface area contributed by atoms with Crippen molar-refractivity contribution < 1.29 is 4.74 Å². The largest absolute Gasteiger partial charge is 0.439 e. The maximum atomic E-state index is 12.5. The van der Waals surface area contributed by atoms with Gasteiger partial charge in [-0.15, -0.1) is 0 Å². The lowest BCUT2D eigenvalue weighted by molar-refractivity contribution is 0.462. The van der Waals surface area contributed by atoms with Crippen LogP contribution in [0.25, 0.3) is 5.69 Å². The molecule has 0 saturated heterocycles. The van der Waals surface area contributed by atoms with Crippen molar-refractivity contribution in [1.82, 2.24) is 14.8 Å². The van der Waals surface area contributed by atoms with Gasteiger partial charge in [0, 0.05) is 18.8 Å². The van der Waals surface area contributed by atoms with E-state index in [1.807, 2.05) is 54.6 Å². The second-order valence-corrected chi connectivity index (χ2v) is 6.58. The van der Waals surface area contributed by atoms with E-state index >= 15 is 0 Å². The molecule has 2 aromatic carbocycles. The van der Waals surface area contributed by atoms with Crippen molar-refractivity contribution in [3.63, 3.8) is 0 Å². The van der Waals surface area contributed by atoms with Crippen LogP contribution in [0.3, 0.4) is 0 Å². The highest BCUT2D eigenvalue weighted by molar-refractivity contribution is 6.32. The topological polar surface area (TPSA) is 69.0 Å². The second kappa shape index (κ2) is 8.58. The minimum atomic E-state index is -0.382. The van der Waals surface area contributed by atoms with Crippen molar-refractivity contribution in [2.24, 2.45) is 0 Å². The summed E-state index contributed by atoms with van der Waals surface area (Å²) in [6.07, 6.45) is 3.24. The number of rotatable bonds is 6. The highest BCUT2D eigenvalue weighted by Crippen LogP contribution is 2.20. The Morgan fingerprint density at radius 3 is 2.34 bits per heavy atom. The number of pyridine rings is 1. The third-order valence-electron chi connectivity index (χ3n) is 4.17. The number of halogens is 1. The zero-order chi connectivity index (χ0) is 20.1. The second-order valence-electron chi connectivity index (χ2n) is 6.20. The van der Waals surface area contributed by atoms with Crippen LogP contribution in [0.2, 0.25) is 5.02 Å². The van der Waals surface area contributed by atoms with Crippen LogP contribution in [-0.2, 0) is 6.54 Å². The summed E-state index contributed by atoms with van der Waals surface area (Å²) in [7, 11) is 0. The highest BCUT2D eigenvalue weighted by Gasteiger charge is 2.10. The number of hydrogen-bond acceptors (Lipinski definition) is 5. The molecule has 0 spiro atoms. The van der Waals surface area contributed by atoms with E-state index in [-0.39, 0.29) is 10.6 Å². The molecule has 0 saturated carbocycles. The van der Waals surface area contributed by atoms with Gasteiger partial charge in [-0.25, -0.2) is 4.98 Å². The SMILES string of the molecule is O=c1c(Cl)c(NCc2ccc(Oc3ccccc3)nc2)cnn1-c1ccccc1. The van der Waals surface area contributed by atoms with Crippen molar-refractivity contribution in [2.45, 2.75) is 6.54 Å². The number of benzene rings is 2. The van der Waals surface area contributed by atoms with Gasteiger partial charge in [-0.2, -0.15) is 9.78 Å². The lowest BCUT2D eigenvalue weighted by Gasteiger charge is -2.11. The van der Waals surface area contributed by atoms with Gasteiger partial charge in [0.05, 0.1) is 17.6 Å². The predicted octanol–water partition coefficient (Wildman–Crippen LogP) is 4.69. The molecule has 4 rings (SSSR count). The monoisotopic (exact) mass is 404 g/mol. The molecule has 0 atom stereocenters. The molecule has 0 unspecified atom stereocenters. The minimum absolute atomic E-state index is 0.0841. The van der Waals surface area contributed by atoms with Gasteiger partial charge in [0.25, 0.3) is 5.56 Å². The van der Waals surface area contributed by atoms with Crippen LogP contribution in [0.4, 0.5) is 5.69 Å². The number of anilines is 1. The average Bonchev–Trinajstić information content (AvgIpc) is 2.77. The van der Waals surface area contributed by atoms with E-state index in [0.717, 1.165) is 11.3 Å². The Balaban J connectivity index is 1.44. The van der Waals surface area contributed by atoms with E-state index in [0.29, 0.717) is 23.8 Å². The van der Waals surface area contributed by atoms with E-state index in [2.05, 4.69) is 15.4 Å². The van der Waals surface area contributed by atoms with Crippen LogP contribution in [0, 0.1) is 0 Å².